The van der Waals surface area contributed by atoms with Gasteiger partial charge in [-0.25, -0.2) is 0 Å². The van der Waals surface area contributed by atoms with Crippen LogP contribution >= 0.6 is 0 Å². The molecule has 1 saturated heterocycles. The molecule has 20 heavy (non-hydrogen) atoms. The highest BCUT2D eigenvalue weighted by Gasteiger charge is 2.47. The van der Waals surface area contributed by atoms with Crippen LogP contribution in [0, 0.1) is 0 Å². The van der Waals surface area contributed by atoms with Crippen molar-refractivity contribution in [2.24, 2.45) is 0 Å². The summed E-state index contributed by atoms with van der Waals surface area (Å²) in [5.74, 6) is -1.75. The smallest absolute Gasteiger partial charge is 0.327 e. The number of aromatic nitrogens is 2. The Hall–Kier alpha value is -1.57. The summed E-state index contributed by atoms with van der Waals surface area (Å²) in [5.41, 5.74) is 0.833. The van der Waals surface area contributed by atoms with Gasteiger partial charge in [0.05, 0.1) is 5.69 Å². The van der Waals surface area contributed by atoms with Crippen molar-refractivity contribution in [2.75, 3.05) is 13.1 Å². The van der Waals surface area contributed by atoms with Crippen LogP contribution in [-0.4, -0.2) is 57.3 Å². The predicted octanol–water partition coefficient (Wildman–Crippen LogP) is 1.39. The van der Waals surface area contributed by atoms with E-state index in [1.165, 1.54) is 0 Å². The van der Waals surface area contributed by atoms with E-state index in [0.717, 1.165) is 10.6 Å². The Labute approximate surface area is 114 Å². The molecule has 8 heteroatoms. The second kappa shape index (κ2) is 5.43. The fraction of sp³-hybridized carbons (Fsp3) is 0.667. The molecule has 0 unspecified atom stereocenters. The van der Waals surface area contributed by atoms with Gasteiger partial charge in [0.15, 0.2) is 0 Å². The number of hydrogen-bond acceptors (Lipinski definition) is 3. The van der Waals surface area contributed by atoms with E-state index < -0.39 is 24.2 Å². The van der Waals surface area contributed by atoms with Crippen LogP contribution < -0.4 is 0 Å². The number of H-pyrrole nitrogens is 1. The van der Waals surface area contributed by atoms with Gasteiger partial charge in [-0.15, -0.1) is 0 Å². The largest absolute Gasteiger partial charge is 0.471 e. The number of halogens is 3. The van der Waals surface area contributed by atoms with Gasteiger partial charge in [0.25, 0.3) is 0 Å². The van der Waals surface area contributed by atoms with E-state index in [2.05, 4.69) is 10.2 Å². The molecule has 0 bridgehead atoms. The molecule has 1 amide bonds. The molecule has 112 valence electrons. The lowest BCUT2D eigenvalue weighted by Crippen LogP contribution is -2.60. The van der Waals surface area contributed by atoms with Crippen LogP contribution in [0.25, 0.3) is 0 Å². The van der Waals surface area contributed by atoms with Gasteiger partial charge >= 0.3 is 12.1 Å². The summed E-state index contributed by atoms with van der Waals surface area (Å²) >= 11 is 0. The van der Waals surface area contributed by atoms with Crippen LogP contribution in [-0.2, 0) is 11.3 Å². The van der Waals surface area contributed by atoms with Crippen molar-refractivity contribution >= 4 is 5.91 Å². The molecule has 1 aromatic heterocycles. The van der Waals surface area contributed by atoms with E-state index in [1.54, 1.807) is 20.0 Å². The maximum atomic E-state index is 12.6. The number of carbonyl (C=O) groups excluding carboxylic acids is 1. The summed E-state index contributed by atoms with van der Waals surface area (Å²) in [5, 5.41) is 6.73. The second-order valence-electron chi connectivity index (χ2n) is 5.17. The second-order valence-corrected chi connectivity index (χ2v) is 5.17. The number of alkyl halides is 3. The van der Waals surface area contributed by atoms with Gasteiger partial charge < -0.3 is 4.90 Å². The summed E-state index contributed by atoms with van der Waals surface area (Å²) in [6.45, 7) is 4.64. The monoisotopic (exact) mass is 290 g/mol. The van der Waals surface area contributed by atoms with Crippen molar-refractivity contribution < 1.29 is 18.0 Å². The third kappa shape index (κ3) is 3.12. The highest BCUT2D eigenvalue weighted by atomic mass is 19.4. The lowest BCUT2D eigenvalue weighted by Gasteiger charge is -2.44. The number of rotatable bonds is 2. The molecule has 0 aromatic carbocycles. The lowest BCUT2D eigenvalue weighted by atomic mass is 10.1. The Morgan fingerprint density at radius 1 is 1.40 bits per heavy atom. The maximum absolute atomic E-state index is 12.6. The summed E-state index contributed by atoms with van der Waals surface area (Å²) in [4.78, 5) is 14.4. The molecule has 0 aliphatic carbocycles. The zero-order chi connectivity index (χ0) is 14.9. The molecule has 2 heterocycles. The first-order valence-corrected chi connectivity index (χ1v) is 6.39. The Bertz CT molecular complexity index is 448. The first kappa shape index (κ1) is 14.8. The van der Waals surface area contributed by atoms with Crippen LogP contribution in [0.5, 0.6) is 0 Å². The van der Waals surface area contributed by atoms with Crippen LogP contribution in [0.3, 0.4) is 0 Å². The van der Waals surface area contributed by atoms with Crippen molar-refractivity contribution in [1.82, 2.24) is 20.0 Å². The van der Waals surface area contributed by atoms with Gasteiger partial charge in [-0.1, -0.05) is 0 Å². The zero-order valence-corrected chi connectivity index (χ0v) is 11.3. The van der Waals surface area contributed by atoms with Gasteiger partial charge in [-0.05, 0) is 19.9 Å². The fourth-order valence-electron chi connectivity index (χ4n) is 2.72. The maximum Gasteiger partial charge on any atom is 0.471 e. The first-order chi connectivity index (χ1) is 9.29. The van der Waals surface area contributed by atoms with Crippen molar-refractivity contribution in [3.05, 3.63) is 18.0 Å². The molecular formula is C12H17F3N4O. The minimum absolute atomic E-state index is 0.402. The number of aromatic amines is 1. The van der Waals surface area contributed by atoms with Gasteiger partial charge in [0.1, 0.15) is 0 Å². The fourth-order valence-corrected chi connectivity index (χ4v) is 2.72. The molecule has 2 rings (SSSR count). The Morgan fingerprint density at radius 2 is 2.00 bits per heavy atom. The summed E-state index contributed by atoms with van der Waals surface area (Å²) < 4.78 is 37.7. The van der Waals surface area contributed by atoms with E-state index in [0.29, 0.717) is 19.6 Å². The van der Waals surface area contributed by atoms with Gasteiger partial charge in [0.2, 0.25) is 0 Å². The summed E-state index contributed by atoms with van der Waals surface area (Å²) in [6, 6.07) is 0.862. The lowest BCUT2D eigenvalue weighted by molar-refractivity contribution is -0.192. The summed E-state index contributed by atoms with van der Waals surface area (Å²) in [7, 11) is 0. The van der Waals surface area contributed by atoms with Crippen molar-refractivity contribution in [3.8, 4) is 0 Å². The molecule has 1 fully saturated rings. The van der Waals surface area contributed by atoms with Gasteiger partial charge in [-0.2, -0.15) is 18.3 Å². The molecule has 1 aliphatic heterocycles. The average molecular weight is 290 g/mol. The van der Waals surface area contributed by atoms with Gasteiger partial charge in [-0.3, -0.25) is 14.8 Å². The van der Waals surface area contributed by atoms with E-state index in [-0.39, 0.29) is 0 Å². The third-order valence-electron chi connectivity index (χ3n) is 3.42. The van der Waals surface area contributed by atoms with Crippen molar-refractivity contribution in [1.29, 1.82) is 0 Å². The summed E-state index contributed by atoms with van der Waals surface area (Å²) in [6.07, 6.45) is -3.11. The van der Waals surface area contributed by atoms with Crippen molar-refractivity contribution in [3.63, 3.8) is 0 Å². The van der Waals surface area contributed by atoms with Crippen LogP contribution in [0.2, 0.25) is 0 Å². The molecular weight excluding hydrogens is 273 g/mol. The minimum Gasteiger partial charge on any atom is -0.327 e. The molecule has 0 saturated carbocycles. The van der Waals surface area contributed by atoms with Crippen molar-refractivity contribution in [2.45, 2.75) is 38.7 Å². The van der Waals surface area contributed by atoms with Gasteiger partial charge in [0, 0.05) is 37.9 Å². The SMILES string of the molecule is C[C@@H]1CN(Cc2cc[nH]n2)C[C@H](C)N1C(=O)C(F)(F)F. The standard InChI is InChI=1S/C12H17F3N4O/c1-8-5-18(7-10-3-4-16-17-10)6-9(2)19(8)11(20)12(13,14)15/h3-4,8-9H,5-7H2,1-2H3,(H,16,17)/t8-,9+. The molecule has 1 aromatic rings. The highest BCUT2D eigenvalue weighted by Crippen LogP contribution is 2.25. The van der Waals surface area contributed by atoms with Crippen LogP contribution in [0.15, 0.2) is 12.3 Å². The molecule has 0 spiro atoms. The van der Waals surface area contributed by atoms with E-state index in [4.69, 9.17) is 0 Å². The number of nitrogens with zero attached hydrogens (tertiary/aromatic N) is 3. The Balaban J connectivity index is 2.03. The molecule has 1 aliphatic rings. The molecule has 1 N–H and O–H groups in total. The molecule has 0 radical (unpaired) electrons. The Kier molecular flexibility index (Phi) is 4.03. The third-order valence-corrected chi connectivity index (χ3v) is 3.42. The number of nitrogens with one attached hydrogen (secondary N) is 1. The topological polar surface area (TPSA) is 52.2 Å². The van der Waals surface area contributed by atoms with Crippen LogP contribution in [0.1, 0.15) is 19.5 Å². The zero-order valence-electron chi connectivity index (χ0n) is 11.3. The number of amides is 1. The number of hydrogen-bond donors (Lipinski definition) is 1. The number of piperazine rings is 1. The van der Waals surface area contributed by atoms with E-state index in [1.807, 2.05) is 11.0 Å². The number of carbonyl (C=O) groups is 1. The van der Waals surface area contributed by atoms with E-state index in [9.17, 15) is 18.0 Å². The molecule has 5 nitrogen and oxygen atoms in total. The highest BCUT2D eigenvalue weighted by molar-refractivity contribution is 5.82. The Morgan fingerprint density at radius 3 is 2.45 bits per heavy atom. The first-order valence-electron chi connectivity index (χ1n) is 6.39. The average Bonchev–Trinajstić information content (AvgIpc) is 2.79. The quantitative estimate of drug-likeness (QED) is 0.895. The predicted molar refractivity (Wildman–Crippen MR) is 65.7 cm³/mol. The molecule has 2 atom stereocenters. The van der Waals surface area contributed by atoms with E-state index >= 15 is 0 Å². The minimum atomic E-state index is -4.81. The van der Waals surface area contributed by atoms with Crippen LogP contribution in [0.4, 0.5) is 13.2 Å². The normalized spacial score (nSPS) is 24.9.